The molecule has 2 aromatic heterocycles. The highest BCUT2D eigenvalue weighted by atomic mass is 16.5. The lowest BCUT2D eigenvalue weighted by molar-refractivity contribution is 0.0303. The molecule has 10 nitrogen and oxygen atoms in total. The van der Waals surface area contributed by atoms with E-state index in [9.17, 15) is 9.59 Å². The van der Waals surface area contributed by atoms with E-state index in [0.717, 1.165) is 11.3 Å². The minimum atomic E-state index is -0.499. The molecule has 0 bridgehead atoms. The van der Waals surface area contributed by atoms with E-state index >= 15 is 0 Å². The zero-order chi connectivity index (χ0) is 22.8. The van der Waals surface area contributed by atoms with E-state index in [4.69, 9.17) is 9.15 Å². The maximum absolute atomic E-state index is 12.8. The SMILES string of the molecule is Cc1cnc(Nc2cccc(C(=O)N3CCOCC3)c2)nc1Nc1ccc2oc(=O)[nH]c2c1. The van der Waals surface area contributed by atoms with E-state index in [2.05, 4.69) is 25.6 Å². The molecule has 4 aromatic rings. The minimum absolute atomic E-state index is 0.0261. The number of benzene rings is 2. The second-order valence-corrected chi connectivity index (χ2v) is 7.69. The number of morpholine rings is 1. The van der Waals surface area contributed by atoms with Gasteiger partial charge in [-0.15, -0.1) is 0 Å². The van der Waals surface area contributed by atoms with Crippen molar-refractivity contribution in [3.05, 3.63) is 70.3 Å². The van der Waals surface area contributed by atoms with Crippen molar-refractivity contribution in [2.75, 3.05) is 36.9 Å². The van der Waals surface area contributed by atoms with E-state index in [-0.39, 0.29) is 5.91 Å². The summed E-state index contributed by atoms with van der Waals surface area (Å²) in [6.07, 6.45) is 1.71. The molecule has 0 unspecified atom stereocenters. The maximum Gasteiger partial charge on any atom is 0.417 e. The number of carbonyl (C=O) groups excluding carboxylic acids is 1. The molecule has 1 amide bonds. The normalized spacial score (nSPS) is 13.8. The van der Waals surface area contributed by atoms with E-state index < -0.39 is 5.76 Å². The number of aromatic amines is 1. The molecular formula is C23H22N6O4. The van der Waals surface area contributed by atoms with Crippen molar-refractivity contribution in [1.29, 1.82) is 0 Å². The van der Waals surface area contributed by atoms with Crippen LogP contribution in [0.5, 0.6) is 0 Å². The van der Waals surface area contributed by atoms with E-state index in [1.54, 1.807) is 41.4 Å². The second-order valence-electron chi connectivity index (χ2n) is 7.69. The van der Waals surface area contributed by atoms with Crippen molar-refractivity contribution >= 4 is 40.1 Å². The maximum atomic E-state index is 12.8. The van der Waals surface area contributed by atoms with E-state index in [1.807, 2.05) is 19.1 Å². The van der Waals surface area contributed by atoms with Gasteiger partial charge in [-0.1, -0.05) is 6.07 Å². The van der Waals surface area contributed by atoms with Crippen molar-refractivity contribution in [3.8, 4) is 0 Å². The van der Waals surface area contributed by atoms with Crippen LogP contribution in [-0.4, -0.2) is 52.1 Å². The number of hydrogen-bond donors (Lipinski definition) is 3. The predicted octanol–water partition coefficient (Wildman–Crippen LogP) is 3.18. The fourth-order valence-electron chi connectivity index (χ4n) is 3.60. The number of fused-ring (bicyclic) bond motifs is 1. The third-order valence-electron chi connectivity index (χ3n) is 5.32. The molecule has 1 aliphatic heterocycles. The summed E-state index contributed by atoms with van der Waals surface area (Å²) in [6, 6.07) is 12.5. The molecular weight excluding hydrogens is 424 g/mol. The number of amides is 1. The highest BCUT2D eigenvalue weighted by molar-refractivity contribution is 5.95. The molecule has 33 heavy (non-hydrogen) atoms. The first-order valence-corrected chi connectivity index (χ1v) is 10.5. The van der Waals surface area contributed by atoms with Crippen molar-refractivity contribution in [2.45, 2.75) is 6.92 Å². The molecule has 0 spiro atoms. The van der Waals surface area contributed by atoms with Crippen LogP contribution in [-0.2, 0) is 4.74 Å². The predicted molar refractivity (Wildman–Crippen MR) is 123 cm³/mol. The summed E-state index contributed by atoms with van der Waals surface area (Å²) in [7, 11) is 0. The molecule has 1 saturated heterocycles. The highest BCUT2D eigenvalue weighted by Gasteiger charge is 2.18. The molecule has 168 valence electrons. The molecule has 0 atom stereocenters. The Morgan fingerprint density at radius 2 is 1.91 bits per heavy atom. The summed E-state index contributed by atoms with van der Waals surface area (Å²) in [5.41, 5.74) is 3.97. The molecule has 3 heterocycles. The van der Waals surface area contributed by atoms with Crippen LogP contribution in [0.15, 0.2) is 57.9 Å². The van der Waals surface area contributed by atoms with Gasteiger partial charge >= 0.3 is 5.76 Å². The van der Waals surface area contributed by atoms with Crippen LogP contribution >= 0.6 is 0 Å². The Morgan fingerprint density at radius 3 is 2.76 bits per heavy atom. The first-order chi connectivity index (χ1) is 16.0. The van der Waals surface area contributed by atoms with Gasteiger partial charge in [0.1, 0.15) is 5.82 Å². The topological polar surface area (TPSA) is 125 Å². The van der Waals surface area contributed by atoms with Crippen LogP contribution in [0.4, 0.5) is 23.1 Å². The number of nitrogens with one attached hydrogen (secondary N) is 3. The molecule has 1 aliphatic rings. The van der Waals surface area contributed by atoms with Gasteiger partial charge in [-0.25, -0.2) is 9.78 Å². The first-order valence-electron chi connectivity index (χ1n) is 10.5. The van der Waals surface area contributed by atoms with Crippen LogP contribution < -0.4 is 16.4 Å². The van der Waals surface area contributed by atoms with Gasteiger partial charge in [0, 0.05) is 41.8 Å². The van der Waals surface area contributed by atoms with Gasteiger partial charge < -0.3 is 24.7 Å². The molecule has 1 fully saturated rings. The Morgan fingerprint density at radius 1 is 1.09 bits per heavy atom. The molecule has 0 radical (unpaired) electrons. The quantitative estimate of drug-likeness (QED) is 0.427. The number of oxazole rings is 1. The van der Waals surface area contributed by atoms with Crippen LogP contribution in [0, 0.1) is 6.92 Å². The van der Waals surface area contributed by atoms with Gasteiger partial charge in [-0.2, -0.15) is 4.98 Å². The smallest absolute Gasteiger partial charge is 0.408 e. The summed E-state index contributed by atoms with van der Waals surface area (Å²) in [6.45, 7) is 4.18. The van der Waals surface area contributed by atoms with Crippen molar-refractivity contribution in [3.63, 3.8) is 0 Å². The first kappa shape index (κ1) is 20.7. The zero-order valence-electron chi connectivity index (χ0n) is 17.9. The largest absolute Gasteiger partial charge is 0.417 e. The molecule has 10 heteroatoms. The lowest BCUT2D eigenvalue weighted by atomic mass is 10.1. The monoisotopic (exact) mass is 446 g/mol. The Balaban J connectivity index is 1.34. The van der Waals surface area contributed by atoms with Gasteiger partial charge in [-0.05, 0) is 43.3 Å². The fraction of sp³-hybridized carbons (Fsp3) is 0.217. The van der Waals surface area contributed by atoms with E-state index in [0.29, 0.717) is 60.4 Å². The molecule has 5 rings (SSSR count). The Labute approximate surface area is 188 Å². The number of nitrogens with zero attached hydrogens (tertiary/aromatic N) is 3. The lowest BCUT2D eigenvalue weighted by Crippen LogP contribution is -2.40. The number of aryl methyl sites for hydroxylation is 1. The number of H-pyrrole nitrogens is 1. The number of ether oxygens (including phenoxy) is 1. The number of rotatable bonds is 5. The molecule has 2 aromatic carbocycles. The summed E-state index contributed by atoms with van der Waals surface area (Å²) < 4.78 is 10.4. The summed E-state index contributed by atoms with van der Waals surface area (Å²) in [5.74, 6) is 0.470. The standard InChI is InChI=1S/C23H22N6O4/c1-14-13-24-22(28-20(14)25-17-5-6-19-18(12-17)27-23(31)33-19)26-16-4-2-3-15(11-16)21(30)29-7-9-32-10-8-29/h2-6,11-13H,7-10H2,1H3,(H,27,31)(H2,24,25,26,28). The Bertz CT molecular complexity index is 1370. The van der Waals surface area contributed by atoms with Crippen LogP contribution in [0.1, 0.15) is 15.9 Å². The van der Waals surface area contributed by atoms with Crippen molar-refractivity contribution < 1.29 is 13.9 Å². The Kier molecular flexibility index (Phi) is 5.49. The number of hydrogen-bond acceptors (Lipinski definition) is 8. The van der Waals surface area contributed by atoms with Crippen LogP contribution in [0.2, 0.25) is 0 Å². The fourth-order valence-corrected chi connectivity index (χ4v) is 3.60. The average molecular weight is 446 g/mol. The third kappa shape index (κ3) is 4.55. The highest BCUT2D eigenvalue weighted by Crippen LogP contribution is 2.23. The molecule has 3 N–H and O–H groups in total. The molecule has 0 aliphatic carbocycles. The van der Waals surface area contributed by atoms with Crippen LogP contribution in [0.25, 0.3) is 11.1 Å². The number of anilines is 4. The van der Waals surface area contributed by atoms with Gasteiger partial charge in [-0.3, -0.25) is 9.78 Å². The van der Waals surface area contributed by atoms with Crippen molar-refractivity contribution in [1.82, 2.24) is 19.9 Å². The van der Waals surface area contributed by atoms with Gasteiger partial charge in [0.15, 0.2) is 5.58 Å². The van der Waals surface area contributed by atoms with Gasteiger partial charge in [0.05, 0.1) is 18.7 Å². The number of aromatic nitrogens is 3. The molecule has 0 saturated carbocycles. The summed E-state index contributed by atoms with van der Waals surface area (Å²) >= 11 is 0. The number of carbonyl (C=O) groups is 1. The van der Waals surface area contributed by atoms with Crippen LogP contribution in [0.3, 0.4) is 0 Å². The summed E-state index contributed by atoms with van der Waals surface area (Å²) in [4.78, 5) is 37.5. The zero-order valence-corrected chi connectivity index (χ0v) is 17.9. The lowest BCUT2D eigenvalue weighted by Gasteiger charge is -2.27. The minimum Gasteiger partial charge on any atom is -0.408 e. The van der Waals surface area contributed by atoms with Crippen molar-refractivity contribution in [2.24, 2.45) is 0 Å². The third-order valence-corrected chi connectivity index (χ3v) is 5.32. The van der Waals surface area contributed by atoms with Gasteiger partial charge in [0.25, 0.3) is 5.91 Å². The van der Waals surface area contributed by atoms with E-state index in [1.165, 1.54) is 0 Å². The van der Waals surface area contributed by atoms with Gasteiger partial charge in [0.2, 0.25) is 5.95 Å². The Hall–Kier alpha value is -4.18. The summed E-state index contributed by atoms with van der Waals surface area (Å²) in [5, 5.41) is 6.41. The average Bonchev–Trinajstić information content (AvgIpc) is 3.21. The second kappa shape index (κ2) is 8.75.